The fraction of sp³-hybridized carbons (Fsp3) is 1.00. The Morgan fingerprint density at radius 1 is 0.692 bits per heavy atom. The Morgan fingerprint density at radius 2 is 1.00 bits per heavy atom. The lowest BCUT2D eigenvalue weighted by Crippen LogP contribution is -2.15. The molecule has 0 aromatic carbocycles. The molecule has 0 saturated carbocycles. The lowest BCUT2D eigenvalue weighted by Gasteiger charge is -1.99. The Morgan fingerprint density at radius 3 is 1.23 bits per heavy atom. The number of hydrogen-bond acceptors (Lipinski definition) is 1. The fourth-order valence-electron chi connectivity index (χ4n) is 0.729. The molecule has 0 aromatic heterocycles. The zero-order chi connectivity index (χ0) is 10.9. The molecule has 0 aliphatic rings. The van der Waals surface area contributed by atoms with Crippen LogP contribution >= 0.6 is 0 Å². The molecule has 0 bridgehead atoms. The Bertz CT molecular complexity index is 38.4. The van der Waals surface area contributed by atoms with Crippen molar-refractivity contribution in [2.24, 2.45) is 0 Å². The van der Waals surface area contributed by atoms with Crippen molar-refractivity contribution in [1.82, 2.24) is 5.32 Å². The smallest absolute Gasteiger partial charge is 0.00490 e. The van der Waals surface area contributed by atoms with Crippen LogP contribution in [0.3, 0.4) is 0 Å². The zero-order valence-corrected chi connectivity index (χ0v) is 10.7. The van der Waals surface area contributed by atoms with Gasteiger partial charge in [0.1, 0.15) is 0 Å². The van der Waals surface area contributed by atoms with Gasteiger partial charge in [-0.15, -0.1) is 0 Å². The highest BCUT2D eigenvalue weighted by atomic mass is 14.8. The molecular weight excluding hydrogens is 158 g/mol. The first kappa shape index (κ1) is 18.7. The lowest BCUT2D eigenvalue weighted by atomic mass is 10.3. The van der Waals surface area contributed by atoms with Gasteiger partial charge in [-0.1, -0.05) is 54.4 Å². The van der Waals surface area contributed by atoms with E-state index in [-0.39, 0.29) is 0 Å². The average Bonchev–Trinajstić information content (AvgIpc) is 2.24. The summed E-state index contributed by atoms with van der Waals surface area (Å²) >= 11 is 0. The van der Waals surface area contributed by atoms with Crippen LogP contribution in [0.1, 0.15) is 67.2 Å². The maximum atomic E-state index is 3.39. The van der Waals surface area contributed by atoms with Crippen molar-refractivity contribution >= 4 is 0 Å². The molecule has 0 heterocycles. The van der Waals surface area contributed by atoms with Crippen molar-refractivity contribution < 1.29 is 0 Å². The van der Waals surface area contributed by atoms with E-state index < -0.39 is 0 Å². The quantitative estimate of drug-likeness (QED) is 0.617. The number of nitrogens with one attached hydrogen (secondary N) is 1. The second-order valence-corrected chi connectivity index (χ2v) is 2.46. The molecule has 0 saturated heterocycles. The molecule has 0 atom stereocenters. The van der Waals surface area contributed by atoms with Gasteiger partial charge in [-0.2, -0.15) is 0 Å². The monoisotopic (exact) mass is 189 g/mol. The molecule has 1 heteroatoms. The highest BCUT2D eigenvalue weighted by molar-refractivity contribution is 4.45. The van der Waals surface area contributed by atoms with E-state index in [2.05, 4.69) is 19.2 Å². The molecule has 0 unspecified atom stereocenters. The van der Waals surface area contributed by atoms with Gasteiger partial charge in [0, 0.05) is 0 Å². The molecule has 0 spiro atoms. The van der Waals surface area contributed by atoms with Crippen molar-refractivity contribution in [1.29, 1.82) is 0 Å². The fourth-order valence-corrected chi connectivity index (χ4v) is 0.729. The first-order valence-corrected chi connectivity index (χ1v) is 6.12. The van der Waals surface area contributed by atoms with E-state index in [0.717, 1.165) is 0 Å². The SMILES string of the molecule is CC.CC.CCCCNCCCC. The van der Waals surface area contributed by atoms with Crippen LogP contribution in [-0.2, 0) is 0 Å². The van der Waals surface area contributed by atoms with Crippen molar-refractivity contribution in [3.63, 3.8) is 0 Å². The van der Waals surface area contributed by atoms with Gasteiger partial charge in [0.25, 0.3) is 0 Å². The van der Waals surface area contributed by atoms with Crippen LogP contribution < -0.4 is 5.32 Å². The van der Waals surface area contributed by atoms with Gasteiger partial charge in [-0.05, 0) is 25.9 Å². The maximum absolute atomic E-state index is 3.39. The van der Waals surface area contributed by atoms with Gasteiger partial charge in [0.2, 0.25) is 0 Å². The summed E-state index contributed by atoms with van der Waals surface area (Å²) in [6, 6.07) is 0. The zero-order valence-electron chi connectivity index (χ0n) is 10.7. The second kappa shape index (κ2) is 29.7. The van der Waals surface area contributed by atoms with Gasteiger partial charge in [0.05, 0.1) is 0 Å². The Labute approximate surface area is 86.3 Å². The van der Waals surface area contributed by atoms with Crippen LogP contribution in [0, 0.1) is 0 Å². The summed E-state index contributed by atoms with van der Waals surface area (Å²) in [6.45, 7) is 14.9. The summed E-state index contributed by atoms with van der Waals surface area (Å²) in [5.41, 5.74) is 0. The summed E-state index contributed by atoms with van der Waals surface area (Å²) in [5, 5.41) is 3.39. The molecular formula is C12H31N. The average molecular weight is 189 g/mol. The van der Waals surface area contributed by atoms with E-state index in [0.29, 0.717) is 0 Å². The Hall–Kier alpha value is -0.0400. The molecule has 0 aliphatic heterocycles. The van der Waals surface area contributed by atoms with E-state index in [1.165, 1.54) is 38.8 Å². The third-order valence-corrected chi connectivity index (χ3v) is 1.41. The van der Waals surface area contributed by atoms with Crippen LogP contribution in [-0.4, -0.2) is 13.1 Å². The van der Waals surface area contributed by atoms with Gasteiger partial charge < -0.3 is 5.32 Å². The van der Waals surface area contributed by atoms with Crippen molar-refractivity contribution in [2.75, 3.05) is 13.1 Å². The summed E-state index contributed by atoms with van der Waals surface area (Å²) in [7, 11) is 0. The predicted octanol–water partition coefficient (Wildman–Crippen LogP) is 4.23. The molecule has 13 heavy (non-hydrogen) atoms. The second-order valence-electron chi connectivity index (χ2n) is 2.46. The topological polar surface area (TPSA) is 12.0 Å². The molecule has 0 aliphatic carbocycles. The summed E-state index contributed by atoms with van der Waals surface area (Å²) in [5.74, 6) is 0. The molecule has 1 nitrogen and oxygen atoms in total. The summed E-state index contributed by atoms with van der Waals surface area (Å²) in [4.78, 5) is 0. The Balaban J connectivity index is -0.000000218. The minimum Gasteiger partial charge on any atom is -0.317 e. The van der Waals surface area contributed by atoms with Crippen LogP contribution in [0.4, 0.5) is 0 Å². The third kappa shape index (κ3) is 33.4. The highest BCUT2D eigenvalue weighted by Gasteiger charge is 1.83. The highest BCUT2D eigenvalue weighted by Crippen LogP contribution is 1.85. The lowest BCUT2D eigenvalue weighted by molar-refractivity contribution is 0.611. The van der Waals surface area contributed by atoms with Crippen molar-refractivity contribution in [3.05, 3.63) is 0 Å². The van der Waals surface area contributed by atoms with E-state index in [9.17, 15) is 0 Å². The van der Waals surface area contributed by atoms with Gasteiger partial charge >= 0.3 is 0 Å². The summed E-state index contributed by atoms with van der Waals surface area (Å²) < 4.78 is 0. The molecule has 0 fully saturated rings. The molecule has 84 valence electrons. The van der Waals surface area contributed by atoms with Crippen molar-refractivity contribution in [3.8, 4) is 0 Å². The number of hydrogen-bond donors (Lipinski definition) is 1. The number of unbranched alkanes of at least 4 members (excludes halogenated alkanes) is 2. The summed E-state index contributed by atoms with van der Waals surface area (Å²) in [6.07, 6.45) is 5.26. The van der Waals surface area contributed by atoms with Crippen molar-refractivity contribution in [2.45, 2.75) is 67.2 Å². The first-order chi connectivity index (χ1) is 6.41. The van der Waals surface area contributed by atoms with Crippen LogP contribution in [0.5, 0.6) is 0 Å². The van der Waals surface area contributed by atoms with E-state index >= 15 is 0 Å². The molecule has 1 N–H and O–H groups in total. The normalized spacial score (nSPS) is 7.85. The number of rotatable bonds is 6. The van der Waals surface area contributed by atoms with Gasteiger partial charge in [0.15, 0.2) is 0 Å². The molecule has 0 rings (SSSR count). The van der Waals surface area contributed by atoms with E-state index in [1.807, 2.05) is 27.7 Å². The minimum absolute atomic E-state index is 1.20. The van der Waals surface area contributed by atoms with E-state index in [1.54, 1.807) is 0 Å². The van der Waals surface area contributed by atoms with E-state index in [4.69, 9.17) is 0 Å². The largest absolute Gasteiger partial charge is 0.317 e. The molecule has 0 radical (unpaired) electrons. The molecule has 0 aromatic rings. The third-order valence-electron chi connectivity index (χ3n) is 1.41. The maximum Gasteiger partial charge on any atom is -0.00490 e. The van der Waals surface area contributed by atoms with Gasteiger partial charge in [-0.25, -0.2) is 0 Å². The van der Waals surface area contributed by atoms with Gasteiger partial charge in [-0.3, -0.25) is 0 Å². The standard InChI is InChI=1S/C8H19N.2C2H6/c1-3-5-7-9-8-6-4-2;2*1-2/h9H,3-8H2,1-2H3;2*1-2H3. The van der Waals surface area contributed by atoms with Crippen LogP contribution in [0.15, 0.2) is 0 Å². The first-order valence-electron chi connectivity index (χ1n) is 6.12. The van der Waals surface area contributed by atoms with Crippen LogP contribution in [0.25, 0.3) is 0 Å². The Kier molecular flexibility index (Phi) is 42.6. The van der Waals surface area contributed by atoms with Crippen LogP contribution in [0.2, 0.25) is 0 Å². The molecule has 0 amide bonds. The predicted molar refractivity (Wildman–Crippen MR) is 65.4 cm³/mol. The minimum atomic E-state index is 1.20.